The summed E-state index contributed by atoms with van der Waals surface area (Å²) in [5.41, 5.74) is 0. The number of allylic oxidation sites excluding steroid dienone is 2. The van der Waals surface area contributed by atoms with E-state index in [4.69, 9.17) is 10.4 Å². The summed E-state index contributed by atoms with van der Waals surface area (Å²) in [5.74, 6) is -2.43. The van der Waals surface area contributed by atoms with Gasteiger partial charge in [-0.2, -0.15) is 5.26 Å². The molecule has 1 amide bonds. The van der Waals surface area contributed by atoms with Crippen molar-refractivity contribution in [2.75, 3.05) is 0 Å². The molecule has 0 aromatic rings. The third-order valence-electron chi connectivity index (χ3n) is 4.10. The van der Waals surface area contributed by atoms with Crippen molar-refractivity contribution in [3.8, 4) is 6.07 Å². The van der Waals surface area contributed by atoms with Crippen molar-refractivity contribution in [3.63, 3.8) is 0 Å². The molecule has 102 valence electrons. The number of nitrogens with one attached hydrogen (secondary N) is 1. The summed E-state index contributed by atoms with van der Waals surface area (Å²) in [6.45, 7) is 0. The second kappa shape index (κ2) is 5.87. The zero-order chi connectivity index (χ0) is 13.8. The van der Waals surface area contributed by atoms with Gasteiger partial charge in [0.05, 0.1) is 23.8 Å². The first kappa shape index (κ1) is 13.6. The average molecular weight is 262 g/mol. The van der Waals surface area contributed by atoms with E-state index in [-0.39, 0.29) is 17.9 Å². The zero-order valence-electron chi connectivity index (χ0n) is 10.7. The maximum atomic E-state index is 12.2. The average Bonchev–Trinajstić information content (AvgIpc) is 2.85. The van der Waals surface area contributed by atoms with Gasteiger partial charge in [0.1, 0.15) is 0 Å². The van der Waals surface area contributed by atoms with E-state index >= 15 is 0 Å². The van der Waals surface area contributed by atoms with Crippen LogP contribution in [0.5, 0.6) is 0 Å². The fourth-order valence-corrected chi connectivity index (χ4v) is 2.95. The van der Waals surface area contributed by atoms with Gasteiger partial charge in [-0.25, -0.2) is 0 Å². The molecule has 2 aliphatic rings. The summed E-state index contributed by atoms with van der Waals surface area (Å²) in [6.07, 6.45) is 7.11. The molecule has 2 aliphatic carbocycles. The van der Waals surface area contributed by atoms with Crippen LogP contribution in [0.4, 0.5) is 0 Å². The predicted octanol–water partition coefficient (Wildman–Crippen LogP) is 1.46. The number of hydrogen-bond acceptors (Lipinski definition) is 3. The van der Waals surface area contributed by atoms with Gasteiger partial charge >= 0.3 is 5.97 Å². The second-order valence-electron chi connectivity index (χ2n) is 5.28. The van der Waals surface area contributed by atoms with Crippen LogP contribution in [0, 0.1) is 29.1 Å². The Labute approximate surface area is 112 Å². The van der Waals surface area contributed by atoms with Crippen LogP contribution >= 0.6 is 0 Å². The lowest BCUT2D eigenvalue weighted by molar-refractivity contribution is -0.147. The first-order valence-electron chi connectivity index (χ1n) is 6.71. The van der Waals surface area contributed by atoms with Crippen molar-refractivity contribution in [1.29, 1.82) is 5.26 Å². The van der Waals surface area contributed by atoms with E-state index in [2.05, 4.69) is 11.4 Å². The van der Waals surface area contributed by atoms with Crippen LogP contribution in [0.25, 0.3) is 0 Å². The molecule has 2 N–H and O–H groups in total. The van der Waals surface area contributed by atoms with Crippen molar-refractivity contribution in [1.82, 2.24) is 5.32 Å². The molecule has 0 bridgehead atoms. The van der Waals surface area contributed by atoms with Gasteiger partial charge < -0.3 is 10.4 Å². The normalized spacial score (nSPS) is 33.6. The molecule has 5 heteroatoms. The number of carboxylic acid groups (broad SMARTS) is 1. The molecule has 0 aromatic heterocycles. The van der Waals surface area contributed by atoms with E-state index in [0.29, 0.717) is 12.8 Å². The van der Waals surface area contributed by atoms with Gasteiger partial charge in [0.25, 0.3) is 0 Å². The molecule has 0 aliphatic heterocycles. The summed E-state index contributed by atoms with van der Waals surface area (Å²) in [7, 11) is 0. The lowest BCUT2D eigenvalue weighted by Gasteiger charge is -2.26. The van der Waals surface area contributed by atoms with Crippen LogP contribution in [0.15, 0.2) is 12.2 Å². The standard InChI is InChI=1S/C14H18N2O3/c15-8-9-4-3-7-12(9)16-13(17)10-5-1-2-6-11(10)14(18)19/h1-2,9-12H,3-7H2,(H,16,17)(H,18,19)/t9?,10-,11+,12?/m1/s1. The number of nitrogens with zero attached hydrogens (tertiary/aromatic N) is 1. The summed E-state index contributed by atoms with van der Waals surface area (Å²) in [6, 6.07) is 2.10. The molecule has 5 nitrogen and oxygen atoms in total. The minimum atomic E-state index is -0.923. The minimum Gasteiger partial charge on any atom is -0.481 e. The molecule has 0 aromatic carbocycles. The molecule has 4 atom stereocenters. The highest BCUT2D eigenvalue weighted by atomic mass is 16.4. The zero-order valence-corrected chi connectivity index (χ0v) is 10.7. The maximum absolute atomic E-state index is 12.2. The van der Waals surface area contributed by atoms with Gasteiger partial charge in [0.15, 0.2) is 0 Å². The molecule has 2 unspecified atom stereocenters. The lowest BCUT2D eigenvalue weighted by Crippen LogP contribution is -2.44. The van der Waals surface area contributed by atoms with E-state index in [9.17, 15) is 9.59 Å². The van der Waals surface area contributed by atoms with E-state index in [1.165, 1.54) is 0 Å². The Balaban J connectivity index is 2.01. The summed E-state index contributed by atoms with van der Waals surface area (Å²) >= 11 is 0. The van der Waals surface area contributed by atoms with Gasteiger partial charge in [0, 0.05) is 6.04 Å². The SMILES string of the molecule is N#CC1CCCC1NC(=O)[C@@H]1CC=CC[C@@H]1C(=O)O. The van der Waals surface area contributed by atoms with E-state index in [1.807, 2.05) is 12.2 Å². The maximum Gasteiger partial charge on any atom is 0.307 e. The third-order valence-corrected chi connectivity index (χ3v) is 4.10. The molecular formula is C14H18N2O3. The van der Waals surface area contributed by atoms with Crippen LogP contribution in [0.1, 0.15) is 32.1 Å². The molecule has 1 fully saturated rings. The number of carbonyl (C=O) groups excluding carboxylic acids is 1. The molecular weight excluding hydrogens is 244 g/mol. The number of nitriles is 1. The van der Waals surface area contributed by atoms with Crippen molar-refractivity contribution in [3.05, 3.63) is 12.2 Å². The fraction of sp³-hybridized carbons (Fsp3) is 0.643. The Morgan fingerprint density at radius 1 is 1.21 bits per heavy atom. The quantitative estimate of drug-likeness (QED) is 0.753. The van der Waals surface area contributed by atoms with E-state index in [0.717, 1.165) is 19.3 Å². The smallest absolute Gasteiger partial charge is 0.307 e. The van der Waals surface area contributed by atoms with Crippen LogP contribution in [-0.2, 0) is 9.59 Å². The van der Waals surface area contributed by atoms with Gasteiger partial charge in [-0.1, -0.05) is 12.2 Å². The van der Waals surface area contributed by atoms with Crippen LogP contribution in [-0.4, -0.2) is 23.0 Å². The molecule has 0 spiro atoms. The van der Waals surface area contributed by atoms with Gasteiger partial charge in [-0.3, -0.25) is 9.59 Å². The molecule has 0 heterocycles. The first-order chi connectivity index (χ1) is 9.13. The highest BCUT2D eigenvalue weighted by molar-refractivity contribution is 5.85. The summed E-state index contributed by atoms with van der Waals surface area (Å²) in [5, 5.41) is 21.0. The number of rotatable bonds is 3. The number of carbonyl (C=O) groups is 2. The van der Waals surface area contributed by atoms with Gasteiger partial charge in [-0.15, -0.1) is 0 Å². The Hall–Kier alpha value is -1.83. The van der Waals surface area contributed by atoms with Crippen molar-refractivity contribution >= 4 is 11.9 Å². The van der Waals surface area contributed by atoms with Gasteiger partial charge in [0.2, 0.25) is 5.91 Å². The Morgan fingerprint density at radius 3 is 2.53 bits per heavy atom. The van der Waals surface area contributed by atoms with Crippen LogP contribution in [0.2, 0.25) is 0 Å². The monoisotopic (exact) mass is 262 g/mol. The summed E-state index contributed by atoms with van der Waals surface area (Å²) in [4.78, 5) is 23.4. The molecule has 1 saturated carbocycles. The van der Waals surface area contributed by atoms with Crippen molar-refractivity contribution < 1.29 is 14.7 Å². The fourth-order valence-electron chi connectivity index (χ4n) is 2.95. The Morgan fingerprint density at radius 2 is 1.89 bits per heavy atom. The largest absolute Gasteiger partial charge is 0.481 e. The van der Waals surface area contributed by atoms with Crippen molar-refractivity contribution in [2.24, 2.45) is 17.8 Å². The predicted molar refractivity (Wildman–Crippen MR) is 67.9 cm³/mol. The minimum absolute atomic E-state index is 0.113. The van der Waals surface area contributed by atoms with Crippen molar-refractivity contribution in [2.45, 2.75) is 38.1 Å². The number of hydrogen-bond donors (Lipinski definition) is 2. The van der Waals surface area contributed by atoms with Gasteiger partial charge in [-0.05, 0) is 32.1 Å². The Kier molecular flexibility index (Phi) is 4.20. The number of carboxylic acids is 1. The lowest BCUT2D eigenvalue weighted by atomic mass is 9.82. The second-order valence-corrected chi connectivity index (χ2v) is 5.28. The highest BCUT2D eigenvalue weighted by Crippen LogP contribution is 2.29. The third kappa shape index (κ3) is 2.95. The summed E-state index contributed by atoms with van der Waals surface area (Å²) < 4.78 is 0. The van der Waals surface area contributed by atoms with Crippen LogP contribution < -0.4 is 5.32 Å². The number of aliphatic carboxylic acids is 1. The van der Waals surface area contributed by atoms with E-state index < -0.39 is 17.8 Å². The molecule has 2 rings (SSSR count). The molecule has 0 saturated heterocycles. The highest BCUT2D eigenvalue weighted by Gasteiger charge is 2.36. The molecule has 0 radical (unpaired) electrons. The Bertz CT molecular complexity index is 438. The first-order valence-corrected chi connectivity index (χ1v) is 6.71. The van der Waals surface area contributed by atoms with E-state index in [1.54, 1.807) is 0 Å². The number of amides is 1. The topological polar surface area (TPSA) is 90.2 Å². The molecule has 19 heavy (non-hydrogen) atoms. The van der Waals surface area contributed by atoms with Crippen LogP contribution in [0.3, 0.4) is 0 Å².